The molecule has 8 nitrogen and oxygen atoms in total. The molecule has 1 saturated carbocycles. The van der Waals surface area contributed by atoms with Crippen LogP contribution in [0, 0.1) is 22.7 Å². The predicted octanol–water partition coefficient (Wildman–Crippen LogP) is 2.74. The van der Waals surface area contributed by atoms with Crippen molar-refractivity contribution in [2.45, 2.75) is 50.6 Å². The third-order valence-electron chi connectivity index (χ3n) is 7.48. The van der Waals surface area contributed by atoms with Crippen molar-refractivity contribution in [1.82, 2.24) is 20.5 Å². The highest BCUT2D eigenvalue weighted by Crippen LogP contribution is 2.50. The average Bonchev–Trinajstić information content (AvgIpc) is 3.49. The van der Waals surface area contributed by atoms with Crippen LogP contribution in [0.4, 0.5) is 0 Å². The monoisotopic (exact) mass is 467 g/mol. The molecule has 1 spiro atoms. The maximum Gasteiger partial charge on any atom is 0.271 e. The van der Waals surface area contributed by atoms with Gasteiger partial charge in [0.2, 0.25) is 11.8 Å². The highest BCUT2D eigenvalue weighted by atomic mass is 35.5. The second-order valence-corrected chi connectivity index (χ2v) is 10.0. The predicted molar refractivity (Wildman–Crippen MR) is 122 cm³/mol. The Bertz CT molecular complexity index is 1160. The number of para-hydroxylation sites is 1. The zero-order valence-electron chi connectivity index (χ0n) is 18.2. The molecule has 0 radical (unpaired) electrons. The summed E-state index contributed by atoms with van der Waals surface area (Å²) in [4.78, 5) is 43.4. The van der Waals surface area contributed by atoms with Gasteiger partial charge in [-0.15, -0.1) is 0 Å². The first-order valence-corrected chi connectivity index (χ1v) is 11.8. The molecule has 172 valence electrons. The molecular weight excluding hydrogens is 442 g/mol. The van der Waals surface area contributed by atoms with Gasteiger partial charge in [-0.3, -0.25) is 14.4 Å². The minimum atomic E-state index is -0.770. The maximum atomic E-state index is 13.5. The lowest BCUT2D eigenvalue weighted by molar-refractivity contribution is -0.126. The molecule has 2 saturated heterocycles. The molecule has 1 aromatic carbocycles. The van der Waals surface area contributed by atoms with E-state index in [9.17, 15) is 19.6 Å². The SMILES string of the molecule is N#C[C@H](C[C@@H]1CCNC1=O)NC(=O)[C@H]1CC2(CCC2)CN1C(=O)c1cc2cccc(Cl)c2[nH]1. The molecule has 0 bridgehead atoms. The number of hydrogen-bond acceptors (Lipinski definition) is 4. The van der Waals surface area contributed by atoms with Crippen LogP contribution in [0.2, 0.25) is 5.02 Å². The number of fused-ring (bicyclic) bond motifs is 1. The topological polar surface area (TPSA) is 118 Å². The molecule has 3 N–H and O–H groups in total. The van der Waals surface area contributed by atoms with Gasteiger partial charge in [-0.25, -0.2) is 0 Å². The van der Waals surface area contributed by atoms with Crippen LogP contribution in [0.25, 0.3) is 10.9 Å². The molecule has 3 amide bonds. The molecule has 3 aliphatic rings. The van der Waals surface area contributed by atoms with E-state index < -0.39 is 12.1 Å². The molecule has 33 heavy (non-hydrogen) atoms. The summed E-state index contributed by atoms with van der Waals surface area (Å²) in [6.07, 6.45) is 4.60. The molecule has 2 aromatic rings. The molecule has 1 aromatic heterocycles. The Morgan fingerprint density at radius 1 is 1.36 bits per heavy atom. The quantitative estimate of drug-likeness (QED) is 0.626. The van der Waals surface area contributed by atoms with Crippen molar-refractivity contribution in [3.63, 3.8) is 0 Å². The normalized spacial score (nSPS) is 24.4. The van der Waals surface area contributed by atoms with Gasteiger partial charge in [-0.1, -0.05) is 30.2 Å². The summed E-state index contributed by atoms with van der Waals surface area (Å²) in [7, 11) is 0. The summed E-state index contributed by atoms with van der Waals surface area (Å²) < 4.78 is 0. The van der Waals surface area contributed by atoms with Crippen LogP contribution >= 0.6 is 11.6 Å². The van der Waals surface area contributed by atoms with Crippen molar-refractivity contribution >= 4 is 40.2 Å². The number of halogens is 1. The van der Waals surface area contributed by atoms with Crippen molar-refractivity contribution < 1.29 is 14.4 Å². The van der Waals surface area contributed by atoms with Crippen LogP contribution < -0.4 is 10.6 Å². The van der Waals surface area contributed by atoms with E-state index in [2.05, 4.69) is 21.7 Å². The molecule has 5 rings (SSSR count). The lowest BCUT2D eigenvalue weighted by Gasteiger charge is -2.37. The highest BCUT2D eigenvalue weighted by molar-refractivity contribution is 6.35. The zero-order chi connectivity index (χ0) is 23.2. The third-order valence-corrected chi connectivity index (χ3v) is 7.79. The number of nitrogens with zero attached hydrogens (tertiary/aromatic N) is 2. The fourth-order valence-corrected chi connectivity index (χ4v) is 5.73. The molecule has 2 aliphatic heterocycles. The van der Waals surface area contributed by atoms with E-state index in [1.54, 1.807) is 17.0 Å². The number of H-pyrrole nitrogens is 1. The van der Waals surface area contributed by atoms with E-state index >= 15 is 0 Å². The van der Waals surface area contributed by atoms with E-state index in [1.165, 1.54) is 0 Å². The number of carbonyl (C=O) groups excluding carboxylic acids is 3. The molecule has 9 heteroatoms. The maximum absolute atomic E-state index is 13.5. The first-order valence-electron chi connectivity index (χ1n) is 11.4. The molecule has 0 unspecified atom stereocenters. The number of rotatable bonds is 5. The minimum Gasteiger partial charge on any atom is -0.356 e. The number of likely N-dealkylation sites (tertiary alicyclic amines) is 1. The lowest BCUT2D eigenvalue weighted by Crippen LogP contribution is -2.49. The first kappa shape index (κ1) is 21.8. The molecule has 3 fully saturated rings. The van der Waals surface area contributed by atoms with Crippen molar-refractivity contribution in [1.29, 1.82) is 5.26 Å². The second-order valence-electron chi connectivity index (χ2n) is 9.60. The number of amides is 3. The Hall–Kier alpha value is -3.05. The first-order chi connectivity index (χ1) is 15.9. The van der Waals surface area contributed by atoms with E-state index in [-0.39, 0.29) is 35.5 Å². The summed E-state index contributed by atoms with van der Waals surface area (Å²) >= 11 is 6.26. The van der Waals surface area contributed by atoms with Gasteiger partial charge in [-0.2, -0.15) is 5.26 Å². The summed E-state index contributed by atoms with van der Waals surface area (Å²) in [5, 5.41) is 16.5. The van der Waals surface area contributed by atoms with E-state index in [0.717, 1.165) is 24.6 Å². The number of hydrogen-bond donors (Lipinski definition) is 3. The number of nitrogens with one attached hydrogen (secondary N) is 3. The Morgan fingerprint density at radius 3 is 2.82 bits per heavy atom. The van der Waals surface area contributed by atoms with Gasteiger partial charge in [-0.05, 0) is 49.7 Å². The van der Waals surface area contributed by atoms with Gasteiger partial charge in [0.1, 0.15) is 17.8 Å². The van der Waals surface area contributed by atoms with Crippen LogP contribution in [0.5, 0.6) is 0 Å². The van der Waals surface area contributed by atoms with Crippen molar-refractivity contribution in [3.05, 3.63) is 35.0 Å². The number of carbonyl (C=O) groups is 3. The Kier molecular flexibility index (Phi) is 5.53. The molecular formula is C24H26ClN5O3. The average molecular weight is 468 g/mol. The van der Waals surface area contributed by atoms with Gasteiger partial charge in [0.05, 0.1) is 16.6 Å². The van der Waals surface area contributed by atoms with Gasteiger partial charge in [0, 0.05) is 24.4 Å². The highest BCUT2D eigenvalue weighted by Gasteiger charge is 2.52. The van der Waals surface area contributed by atoms with Crippen LogP contribution in [-0.2, 0) is 9.59 Å². The van der Waals surface area contributed by atoms with Crippen LogP contribution in [0.15, 0.2) is 24.3 Å². The fourth-order valence-electron chi connectivity index (χ4n) is 5.50. The molecule has 1 aliphatic carbocycles. The van der Waals surface area contributed by atoms with Gasteiger partial charge < -0.3 is 20.5 Å². The van der Waals surface area contributed by atoms with Crippen molar-refractivity contribution in [2.24, 2.45) is 11.3 Å². The van der Waals surface area contributed by atoms with Crippen molar-refractivity contribution in [3.8, 4) is 6.07 Å². The Labute approximate surface area is 196 Å². The molecule has 3 heterocycles. The van der Waals surface area contributed by atoms with E-state index in [1.807, 2.05) is 12.1 Å². The lowest BCUT2D eigenvalue weighted by atomic mass is 9.67. The van der Waals surface area contributed by atoms with Crippen LogP contribution in [0.3, 0.4) is 0 Å². The number of aromatic nitrogens is 1. The van der Waals surface area contributed by atoms with Gasteiger partial charge >= 0.3 is 0 Å². The smallest absolute Gasteiger partial charge is 0.271 e. The Balaban J connectivity index is 1.35. The second kappa shape index (κ2) is 8.38. The Morgan fingerprint density at radius 2 is 2.18 bits per heavy atom. The summed E-state index contributed by atoms with van der Waals surface area (Å²) in [6, 6.07) is 7.94. The minimum absolute atomic E-state index is 0.0329. The van der Waals surface area contributed by atoms with E-state index in [0.29, 0.717) is 42.2 Å². The number of aromatic amines is 1. The third kappa shape index (κ3) is 3.95. The van der Waals surface area contributed by atoms with Gasteiger partial charge in [0.25, 0.3) is 5.91 Å². The largest absolute Gasteiger partial charge is 0.356 e. The van der Waals surface area contributed by atoms with Gasteiger partial charge in [0.15, 0.2) is 0 Å². The van der Waals surface area contributed by atoms with Crippen LogP contribution in [0.1, 0.15) is 49.0 Å². The molecule has 3 atom stereocenters. The fraction of sp³-hybridized carbons (Fsp3) is 0.500. The number of nitriles is 1. The van der Waals surface area contributed by atoms with Crippen LogP contribution in [-0.4, -0.2) is 52.8 Å². The summed E-state index contributed by atoms with van der Waals surface area (Å²) in [5.74, 6) is -0.917. The van der Waals surface area contributed by atoms with E-state index in [4.69, 9.17) is 11.6 Å². The summed E-state index contributed by atoms with van der Waals surface area (Å²) in [6.45, 7) is 1.12. The summed E-state index contributed by atoms with van der Waals surface area (Å²) in [5.41, 5.74) is 1.06. The zero-order valence-corrected chi connectivity index (χ0v) is 19.0. The number of benzene rings is 1. The van der Waals surface area contributed by atoms with Crippen molar-refractivity contribution in [2.75, 3.05) is 13.1 Å². The standard InChI is InChI=1S/C24H26ClN5O3/c25-17-4-1-3-14-10-18(29-20(14)17)23(33)30-13-24(6-2-7-24)11-19(30)22(32)28-16(12-26)9-15-5-8-27-21(15)31/h1,3-4,10,15-16,19,29H,2,5-9,11,13H2,(H,27,31)(H,28,32)/t15-,16-,19+/m0/s1.